The molecule has 0 saturated carbocycles. The van der Waals surface area contributed by atoms with Gasteiger partial charge in [0.05, 0.1) is 11.1 Å². The van der Waals surface area contributed by atoms with Gasteiger partial charge in [-0.3, -0.25) is 15.4 Å². The molecular formula is C31H31N7O3S2. The Bertz CT molecular complexity index is 1800. The van der Waals surface area contributed by atoms with Crippen molar-refractivity contribution in [2.45, 2.75) is 55.7 Å². The summed E-state index contributed by atoms with van der Waals surface area (Å²) in [6.07, 6.45) is 2.14. The van der Waals surface area contributed by atoms with Crippen molar-refractivity contribution < 1.29 is 14.7 Å². The molecule has 3 heterocycles. The van der Waals surface area contributed by atoms with Gasteiger partial charge in [-0.1, -0.05) is 46.4 Å². The van der Waals surface area contributed by atoms with Gasteiger partial charge in [0.25, 0.3) is 5.91 Å². The van der Waals surface area contributed by atoms with Crippen molar-refractivity contribution in [1.82, 2.24) is 19.9 Å². The topological polar surface area (TPSA) is 142 Å². The van der Waals surface area contributed by atoms with Crippen molar-refractivity contribution >= 4 is 68.5 Å². The number of carbonyl (C=O) groups is 2. The third-order valence-corrected chi connectivity index (χ3v) is 8.83. The summed E-state index contributed by atoms with van der Waals surface area (Å²) in [6.45, 7) is 10.5. The van der Waals surface area contributed by atoms with Gasteiger partial charge in [-0.05, 0) is 65.9 Å². The SMILES string of the molecule is CC(C)c1ccc2c(Nc3cc(C(=O)Nc4ncc(C(C)(C)C)s4)ccc3Sc3ccc(NC(=O)O)cc3)ncnc2n1. The van der Waals surface area contributed by atoms with Crippen molar-refractivity contribution in [3.63, 3.8) is 0 Å². The zero-order valence-electron chi connectivity index (χ0n) is 24.3. The molecule has 43 heavy (non-hydrogen) atoms. The number of hydrogen-bond acceptors (Lipinski definition) is 9. The molecule has 0 bridgehead atoms. The summed E-state index contributed by atoms with van der Waals surface area (Å²) in [4.78, 5) is 45.0. The first-order chi connectivity index (χ1) is 20.5. The van der Waals surface area contributed by atoms with Crippen LogP contribution in [0.3, 0.4) is 0 Å². The standard InChI is InChI=1S/C31H31N7O3S2/c1-17(2)22-12-11-21-26(36-22)33-16-34-27(21)37-23-14-18(28(39)38-29-32-15-25(43-29)31(3,4)5)6-13-24(23)42-20-9-7-19(8-10-20)35-30(40)41/h6-17,35H,1-5H3,(H,40,41)(H,32,38,39)(H,33,34,36,37). The highest BCUT2D eigenvalue weighted by atomic mass is 32.2. The number of benzene rings is 2. The van der Waals surface area contributed by atoms with Gasteiger partial charge < -0.3 is 10.4 Å². The van der Waals surface area contributed by atoms with E-state index in [1.54, 1.807) is 30.5 Å². The first kappa shape index (κ1) is 29.9. The number of aromatic nitrogens is 4. The first-order valence-electron chi connectivity index (χ1n) is 13.5. The fraction of sp³-hybridized carbons (Fsp3) is 0.226. The Balaban J connectivity index is 1.48. The van der Waals surface area contributed by atoms with E-state index in [0.717, 1.165) is 25.7 Å². The van der Waals surface area contributed by atoms with E-state index >= 15 is 0 Å². The van der Waals surface area contributed by atoms with E-state index in [4.69, 9.17) is 10.1 Å². The third kappa shape index (κ3) is 7.27. The smallest absolute Gasteiger partial charge is 0.409 e. The van der Waals surface area contributed by atoms with Crippen LogP contribution < -0.4 is 16.0 Å². The number of rotatable bonds is 8. The highest BCUT2D eigenvalue weighted by Crippen LogP contribution is 2.37. The number of carbonyl (C=O) groups excluding carboxylic acids is 1. The van der Waals surface area contributed by atoms with Crippen molar-refractivity contribution in [2.24, 2.45) is 0 Å². The van der Waals surface area contributed by atoms with Gasteiger partial charge in [-0.2, -0.15) is 0 Å². The summed E-state index contributed by atoms with van der Waals surface area (Å²) >= 11 is 2.92. The van der Waals surface area contributed by atoms with E-state index in [0.29, 0.717) is 33.5 Å². The fourth-order valence-electron chi connectivity index (χ4n) is 4.07. The molecule has 0 radical (unpaired) electrons. The third-order valence-electron chi connectivity index (χ3n) is 6.40. The second-order valence-electron chi connectivity index (χ2n) is 11.1. The van der Waals surface area contributed by atoms with Gasteiger partial charge in [0.1, 0.15) is 12.1 Å². The molecule has 0 aliphatic rings. The lowest BCUT2D eigenvalue weighted by atomic mass is 9.96. The molecule has 3 aromatic heterocycles. The highest BCUT2D eigenvalue weighted by Gasteiger charge is 2.19. The minimum atomic E-state index is -1.12. The molecule has 0 aliphatic carbocycles. The predicted octanol–water partition coefficient (Wildman–Crippen LogP) is 8.14. The number of amides is 2. The largest absolute Gasteiger partial charge is 0.465 e. The van der Waals surface area contributed by atoms with Crippen LogP contribution in [-0.4, -0.2) is 37.0 Å². The maximum absolute atomic E-state index is 13.3. The summed E-state index contributed by atoms with van der Waals surface area (Å²) in [5, 5.41) is 19.0. The Labute approximate surface area is 257 Å². The van der Waals surface area contributed by atoms with Crippen molar-refractivity contribution in [3.05, 3.63) is 83.3 Å². The number of thiazole rings is 1. The van der Waals surface area contributed by atoms with Crippen LogP contribution in [0.25, 0.3) is 11.0 Å². The van der Waals surface area contributed by atoms with Crippen molar-refractivity contribution in [3.8, 4) is 0 Å². The number of nitrogens with zero attached hydrogens (tertiary/aromatic N) is 4. The van der Waals surface area contributed by atoms with Crippen LogP contribution in [0.15, 0.2) is 76.9 Å². The van der Waals surface area contributed by atoms with Crippen LogP contribution in [0.4, 0.5) is 27.1 Å². The van der Waals surface area contributed by atoms with Crippen LogP contribution in [0.1, 0.15) is 61.5 Å². The molecule has 2 aromatic carbocycles. The van der Waals surface area contributed by atoms with Crippen LogP contribution in [0.5, 0.6) is 0 Å². The number of nitrogens with one attached hydrogen (secondary N) is 3. The Morgan fingerprint density at radius 3 is 2.40 bits per heavy atom. The Morgan fingerprint density at radius 1 is 0.953 bits per heavy atom. The Hall–Kier alpha value is -4.55. The molecule has 5 aromatic rings. The van der Waals surface area contributed by atoms with E-state index in [-0.39, 0.29) is 17.2 Å². The minimum Gasteiger partial charge on any atom is -0.465 e. The minimum absolute atomic E-state index is 0.0659. The molecule has 220 valence electrons. The summed E-state index contributed by atoms with van der Waals surface area (Å²) in [5.41, 5.74) is 3.02. The lowest BCUT2D eigenvalue weighted by molar-refractivity contribution is 0.102. The van der Waals surface area contributed by atoms with E-state index in [1.807, 2.05) is 30.3 Å². The van der Waals surface area contributed by atoms with Gasteiger partial charge in [0, 0.05) is 37.8 Å². The van der Waals surface area contributed by atoms with Gasteiger partial charge in [-0.25, -0.2) is 24.7 Å². The summed E-state index contributed by atoms with van der Waals surface area (Å²) in [5.74, 6) is 0.528. The molecule has 12 heteroatoms. The molecule has 10 nitrogen and oxygen atoms in total. The normalized spacial score (nSPS) is 11.5. The zero-order valence-corrected chi connectivity index (χ0v) is 25.9. The maximum Gasteiger partial charge on any atom is 0.409 e. The lowest BCUT2D eigenvalue weighted by Gasteiger charge is -2.15. The van der Waals surface area contributed by atoms with E-state index in [2.05, 4.69) is 65.5 Å². The molecular weight excluding hydrogens is 583 g/mol. The number of fused-ring (bicyclic) bond motifs is 1. The molecule has 0 aliphatic heterocycles. The molecule has 0 unspecified atom stereocenters. The van der Waals surface area contributed by atoms with Gasteiger partial charge >= 0.3 is 6.09 Å². The lowest BCUT2D eigenvalue weighted by Crippen LogP contribution is -2.12. The Morgan fingerprint density at radius 2 is 1.72 bits per heavy atom. The summed E-state index contributed by atoms with van der Waals surface area (Å²) < 4.78 is 0. The average Bonchev–Trinajstić information content (AvgIpc) is 3.44. The zero-order chi connectivity index (χ0) is 30.7. The number of pyridine rings is 1. The molecule has 0 spiro atoms. The van der Waals surface area contributed by atoms with E-state index in [1.165, 1.54) is 29.4 Å². The van der Waals surface area contributed by atoms with E-state index in [9.17, 15) is 9.59 Å². The van der Waals surface area contributed by atoms with Crippen molar-refractivity contribution in [1.29, 1.82) is 0 Å². The molecule has 0 fully saturated rings. The fourth-order valence-corrected chi connectivity index (χ4v) is 5.82. The van der Waals surface area contributed by atoms with Crippen molar-refractivity contribution in [2.75, 3.05) is 16.0 Å². The van der Waals surface area contributed by atoms with Gasteiger partial charge in [-0.15, -0.1) is 11.3 Å². The maximum atomic E-state index is 13.3. The quantitative estimate of drug-likeness (QED) is 0.136. The second kappa shape index (κ2) is 12.4. The number of anilines is 4. The Kier molecular flexibility index (Phi) is 8.60. The van der Waals surface area contributed by atoms with Crippen LogP contribution in [-0.2, 0) is 5.41 Å². The summed E-state index contributed by atoms with van der Waals surface area (Å²) in [6, 6.07) is 16.4. The number of hydrogen-bond donors (Lipinski definition) is 4. The van der Waals surface area contributed by atoms with Gasteiger partial charge in [0.15, 0.2) is 10.8 Å². The van der Waals surface area contributed by atoms with Crippen LogP contribution in [0, 0.1) is 0 Å². The van der Waals surface area contributed by atoms with Crippen LogP contribution >= 0.6 is 23.1 Å². The highest BCUT2D eigenvalue weighted by molar-refractivity contribution is 7.99. The molecule has 0 saturated heterocycles. The average molecular weight is 614 g/mol. The molecule has 4 N–H and O–H groups in total. The predicted molar refractivity (Wildman–Crippen MR) is 172 cm³/mol. The van der Waals surface area contributed by atoms with Crippen LogP contribution in [0.2, 0.25) is 0 Å². The summed E-state index contributed by atoms with van der Waals surface area (Å²) in [7, 11) is 0. The van der Waals surface area contributed by atoms with E-state index < -0.39 is 6.09 Å². The van der Waals surface area contributed by atoms with Gasteiger partial charge in [0.2, 0.25) is 0 Å². The molecule has 2 amide bonds. The first-order valence-corrected chi connectivity index (χ1v) is 15.2. The number of carboxylic acid groups (broad SMARTS) is 1. The monoisotopic (exact) mass is 613 g/mol. The molecule has 0 atom stereocenters. The second-order valence-corrected chi connectivity index (χ2v) is 13.3. The molecule has 5 rings (SSSR count).